The maximum Gasteiger partial charge on any atom is 0.241 e. The molecule has 0 aromatic heterocycles. The van der Waals surface area contributed by atoms with Crippen molar-refractivity contribution in [3.63, 3.8) is 0 Å². The normalized spacial score (nSPS) is 18.3. The molecule has 0 saturated carbocycles. The highest BCUT2D eigenvalue weighted by atomic mass is 79.9. The van der Waals surface area contributed by atoms with Gasteiger partial charge in [-0.3, -0.25) is 9.59 Å². The van der Waals surface area contributed by atoms with Gasteiger partial charge in [-0.2, -0.15) is 0 Å². The highest BCUT2D eigenvalue weighted by molar-refractivity contribution is 9.10. The van der Waals surface area contributed by atoms with Crippen molar-refractivity contribution < 1.29 is 9.59 Å². The summed E-state index contributed by atoms with van der Waals surface area (Å²) in [5.41, 5.74) is 7.64. The molecule has 0 aliphatic carbocycles. The van der Waals surface area contributed by atoms with Gasteiger partial charge >= 0.3 is 0 Å². The molecule has 1 atom stereocenters. The fourth-order valence-corrected chi connectivity index (χ4v) is 2.94. The average molecular weight is 345 g/mol. The molecule has 4 nitrogen and oxygen atoms in total. The van der Waals surface area contributed by atoms with Crippen molar-refractivity contribution >= 4 is 39.1 Å². The van der Waals surface area contributed by atoms with E-state index in [0.717, 1.165) is 10.0 Å². The monoisotopic (exact) mass is 344 g/mol. The average Bonchev–Trinajstić information content (AvgIpc) is 2.76. The zero-order chi connectivity index (χ0) is 15.0. The predicted octanol–water partition coefficient (Wildman–Crippen LogP) is 3.08. The Balaban J connectivity index is 1.98. The van der Waals surface area contributed by atoms with Crippen LogP contribution in [-0.4, -0.2) is 11.8 Å². The van der Waals surface area contributed by atoms with E-state index in [1.165, 1.54) is 4.90 Å². The van der Waals surface area contributed by atoms with Gasteiger partial charge in [0.15, 0.2) is 0 Å². The Hall–Kier alpha value is -2.14. The van der Waals surface area contributed by atoms with Gasteiger partial charge in [0, 0.05) is 10.9 Å². The molecule has 0 spiro atoms. The lowest BCUT2D eigenvalue weighted by Gasteiger charge is -2.17. The molecule has 1 unspecified atom stereocenters. The largest absolute Gasteiger partial charge is 0.397 e. The molecule has 2 N–H and O–H groups in total. The number of imide groups is 1. The van der Waals surface area contributed by atoms with Gasteiger partial charge in [-0.25, -0.2) is 4.90 Å². The highest BCUT2D eigenvalue weighted by Crippen LogP contribution is 2.36. The van der Waals surface area contributed by atoms with E-state index >= 15 is 0 Å². The Morgan fingerprint density at radius 3 is 2.48 bits per heavy atom. The number of benzene rings is 2. The summed E-state index contributed by atoms with van der Waals surface area (Å²) in [5.74, 6) is -0.871. The van der Waals surface area contributed by atoms with E-state index in [1.54, 1.807) is 18.2 Å². The van der Waals surface area contributed by atoms with Crippen LogP contribution in [-0.2, 0) is 9.59 Å². The number of amides is 2. The van der Waals surface area contributed by atoms with Gasteiger partial charge in [0.25, 0.3) is 0 Å². The predicted molar refractivity (Wildman–Crippen MR) is 84.8 cm³/mol. The van der Waals surface area contributed by atoms with Gasteiger partial charge in [-0.05, 0) is 23.8 Å². The zero-order valence-electron chi connectivity index (χ0n) is 11.1. The number of nitrogen functional groups attached to an aromatic ring is 1. The lowest BCUT2D eigenvalue weighted by Crippen LogP contribution is -2.30. The molecule has 0 bridgehead atoms. The van der Waals surface area contributed by atoms with E-state index < -0.39 is 5.92 Å². The third-order valence-corrected chi connectivity index (χ3v) is 4.07. The van der Waals surface area contributed by atoms with Gasteiger partial charge in [0.05, 0.1) is 17.3 Å². The van der Waals surface area contributed by atoms with E-state index in [4.69, 9.17) is 5.73 Å². The fraction of sp³-hybridized carbons (Fsp3) is 0.125. The summed E-state index contributed by atoms with van der Waals surface area (Å²) in [7, 11) is 0. The Labute approximate surface area is 130 Å². The summed E-state index contributed by atoms with van der Waals surface area (Å²) in [4.78, 5) is 26.0. The highest BCUT2D eigenvalue weighted by Gasteiger charge is 2.40. The van der Waals surface area contributed by atoms with E-state index in [1.807, 2.05) is 30.3 Å². The van der Waals surface area contributed by atoms with Crippen molar-refractivity contribution in [3.05, 3.63) is 58.6 Å². The topological polar surface area (TPSA) is 63.4 Å². The molecule has 1 fully saturated rings. The van der Waals surface area contributed by atoms with Crippen molar-refractivity contribution in [2.24, 2.45) is 0 Å². The van der Waals surface area contributed by atoms with E-state index in [0.29, 0.717) is 11.4 Å². The Morgan fingerprint density at radius 1 is 1.10 bits per heavy atom. The Bertz CT molecular complexity index is 715. The number of carbonyl (C=O) groups excluding carboxylic acids is 2. The third kappa shape index (κ3) is 2.45. The van der Waals surface area contributed by atoms with Gasteiger partial charge in [-0.15, -0.1) is 0 Å². The van der Waals surface area contributed by atoms with E-state index in [-0.39, 0.29) is 18.2 Å². The second-order valence-electron chi connectivity index (χ2n) is 4.94. The van der Waals surface area contributed by atoms with Crippen LogP contribution in [0.3, 0.4) is 0 Å². The van der Waals surface area contributed by atoms with E-state index in [9.17, 15) is 9.59 Å². The maximum absolute atomic E-state index is 12.6. The standard InChI is InChI=1S/C16H13BrN2O2/c17-11-6-7-14(13(18)8-11)19-15(20)9-12(16(19)21)10-4-2-1-3-5-10/h1-8,12H,9,18H2. The zero-order valence-corrected chi connectivity index (χ0v) is 12.7. The molecule has 1 heterocycles. The van der Waals surface area contributed by atoms with Crippen LogP contribution in [0, 0.1) is 0 Å². The number of hydrogen-bond acceptors (Lipinski definition) is 3. The minimum atomic E-state index is -0.429. The molecule has 1 aliphatic rings. The summed E-state index contributed by atoms with van der Waals surface area (Å²) >= 11 is 3.32. The molecular weight excluding hydrogens is 332 g/mol. The number of rotatable bonds is 2. The molecule has 3 rings (SSSR count). The first-order valence-corrected chi connectivity index (χ1v) is 7.34. The van der Waals surface area contributed by atoms with Crippen LogP contribution in [0.15, 0.2) is 53.0 Å². The van der Waals surface area contributed by atoms with Gasteiger partial charge in [-0.1, -0.05) is 46.3 Å². The van der Waals surface area contributed by atoms with Gasteiger partial charge < -0.3 is 5.73 Å². The second kappa shape index (κ2) is 5.33. The van der Waals surface area contributed by atoms with Crippen molar-refractivity contribution in [1.82, 2.24) is 0 Å². The third-order valence-electron chi connectivity index (χ3n) is 3.58. The van der Waals surface area contributed by atoms with Crippen LogP contribution in [0.4, 0.5) is 11.4 Å². The molecule has 2 amide bonds. The van der Waals surface area contributed by atoms with Crippen molar-refractivity contribution in [2.45, 2.75) is 12.3 Å². The molecule has 106 valence electrons. The Kier molecular flexibility index (Phi) is 3.51. The number of hydrogen-bond donors (Lipinski definition) is 1. The number of anilines is 2. The first-order valence-electron chi connectivity index (χ1n) is 6.54. The van der Waals surface area contributed by atoms with Crippen LogP contribution in [0.2, 0.25) is 0 Å². The number of halogens is 1. The van der Waals surface area contributed by atoms with Crippen LogP contribution in [0.1, 0.15) is 17.9 Å². The second-order valence-corrected chi connectivity index (χ2v) is 5.85. The van der Waals surface area contributed by atoms with Gasteiger partial charge in [0.1, 0.15) is 0 Å². The molecule has 2 aromatic rings. The molecule has 1 saturated heterocycles. The molecular formula is C16H13BrN2O2. The van der Waals surface area contributed by atoms with Crippen molar-refractivity contribution in [1.29, 1.82) is 0 Å². The maximum atomic E-state index is 12.6. The van der Waals surface area contributed by atoms with Crippen LogP contribution in [0.25, 0.3) is 0 Å². The SMILES string of the molecule is Nc1cc(Br)ccc1N1C(=O)CC(c2ccccc2)C1=O. The number of nitrogens with zero attached hydrogens (tertiary/aromatic N) is 1. The van der Waals surface area contributed by atoms with Crippen molar-refractivity contribution in [2.75, 3.05) is 10.6 Å². The minimum absolute atomic E-state index is 0.179. The fourth-order valence-electron chi connectivity index (χ4n) is 2.56. The van der Waals surface area contributed by atoms with Crippen LogP contribution < -0.4 is 10.6 Å². The molecule has 0 radical (unpaired) electrons. The van der Waals surface area contributed by atoms with Crippen LogP contribution in [0.5, 0.6) is 0 Å². The summed E-state index contributed by atoms with van der Waals surface area (Å²) in [6.45, 7) is 0. The van der Waals surface area contributed by atoms with Crippen molar-refractivity contribution in [3.8, 4) is 0 Å². The number of carbonyl (C=O) groups is 2. The first-order chi connectivity index (χ1) is 10.1. The minimum Gasteiger partial charge on any atom is -0.397 e. The Morgan fingerprint density at radius 2 is 1.81 bits per heavy atom. The quantitative estimate of drug-likeness (QED) is 0.672. The summed E-state index contributed by atoms with van der Waals surface area (Å²) in [6.07, 6.45) is 0.179. The molecule has 1 aliphatic heterocycles. The van der Waals surface area contributed by atoms with Gasteiger partial charge in [0.2, 0.25) is 11.8 Å². The molecule has 5 heteroatoms. The molecule has 21 heavy (non-hydrogen) atoms. The smallest absolute Gasteiger partial charge is 0.241 e. The summed E-state index contributed by atoms with van der Waals surface area (Å²) in [5, 5.41) is 0. The lowest BCUT2D eigenvalue weighted by molar-refractivity contribution is -0.121. The summed E-state index contributed by atoms with van der Waals surface area (Å²) in [6, 6.07) is 14.5. The number of nitrogens with two attached hydrogens (primary N) is 1. The first kappa shape index (κ1) is 13.8. The molecule has 2 aromatic carbocycles. The van der Waals surface area contributed by atoms with E-state index in [2.05, 4.69) is 15.9 Å². The lowest BCUT2D eigenvalue weighted by atomic mass is 9.98. The van der Waals surface area contributed by atoms with Crippen LogP contribution >= 0.6 is 15.9 Å². The summed E-state index contributed by atoms with van der Waals surface area (Å²) < 4.78 is 0.808.